The number of β-amino-alcohol motifs (C(OH)–C–C–N with tert-alkyl or cyclic N) is 1. The van der Waals surface area contributed by atoms with E-state index in [0.717, 1.165) is 25.2 Å². The molecule has 1 aliphatic heterocycles. The van der Waals surface area contributed by atoms with Gasteiger partial charge in [0.15, 0.2) is 0 Å². The molecule has 23 heavy (non-hydrogen) atoms. The lowest BCUT2D eigenvalue weighted by Crippen LogP contribution is -2.38. The van der Waals surface area contributed by atoms with Crippen LogP contribution in [0.1, 0.15) is 24.8 Å². The minimum atomic E-state index is -0.391. The van der Waals surface area contributed by atoms with Gasteiger partial charge in [0.1, 0.15) is 0 Å². The Morgan fingerprint density at radius 1 is 1.04 bits per heavy atom. The standard InChI is InChI=1S/C19H25NO2S/c21-19(12-20-9-2-1-3-10-20)14-22-13-16-4-6-17(7-5-16)18-8-11-23-15-18/h4-8,11,15,19,21H,1-3,9-10,12-14H2. The van der Waals surface area contributed by atoms with Crippen molar-refractivity contribution < 1.29 is 9.84 Å². The molecule has 2 aromatic rings. The predicted molar refractivity (Wildman–Crippen MR) is 95.7 cm³/mol. The molecule has 0 aliphatic carbocycles. The number of hydrogen-bond acceptors (Lipinski definition) is 4. The van der Waals surface area contributed by atoms with Crippen molar-refractivity contribution in [3.63, 3.8) is 0 Å². The van der Waals surface area contributed by atoms with Gasteiger partial charge in [-0.15, -0.1) is 0 Å². The highest BCUT2D eigenvalue weighted by molar-refractivity contribution is 7.08. The fraction of sp³-hybridized carbons (Fsp3) is 0.474. The van der Waals surface area contributed by atoms with Crippen molar-refractivity contribution >= 4 is 11.3 Å². The molecule has 1 atom stereocenters. The molecular formula is C19H25NO2S. The van der Waals surface area contributed by atoms with Crippen LogP contribution in [0.4, 0.5) is 0 Å². The number of hydrogen-bond donors (Lipinski definition) is 1. The van der Waals surface area contributed by atoms with Crippen LogP contribution in [0.3, 0.4) is 0 Å². The summed E-state index contributed by atoms with van der Waals surface area (Å²) in [4.78, 5) is 2.34. The second-order valence-electron chi connectivity index (χ2n) is 6.24. The topological polar surface area (TPSA) is 32.7 Å². The minimum absolute atomic E-state index is 0.391. The largest absolute Gasteiger partial charge is 0.389 e. The molecule has 0 radical (unpaired) electrons. The van der Waals surface area contributed by atoms with Gasteiger partial charge in [0.25, 0.3) is 0 Å². The van der Waals surface area contributed by atoms with Gasteiger partial charge < -0.3 is 14.7 Å². The summed E-state index contributed by atoms with van der Waals surface area (Å²) in [6.45, 7) is 3.92. The number of likely N-dealkylation sites (tertiary alicyclic amines) is 1. The third kappa shape index (κ3) is 5.15. The van der Waals surface area contributed by atoms with Crippen LogP contribution in [0, 0.1) is 0 Å². The molecule has 0 amide bonds. The average Bonchev–Trinajstić information content (AvgIpc) is 3.11. The smallest absolute Gasteiger partial charge is 0.0900 e. The third-order valence-electron chi connectivity index (χ3n) is 4.31. The van der Waals surface area contributed by atoms with E-state index in [2.05, 4.69) is 46.0 Å². The molecule has 2 heterocycles. The van der Waals surface area contributed by atoms with Gasteiger partial charge in [0.05, 0.1) is 19.3 Å². The Balaban J connectivity index is 1.39. The number of benzene rings is 1. The molecule has 1 aromatic carbocycles. The molecule has 4 heteroatoms. The SMILES string of the molecule is OC(COCc1ccc(-c2ccsc2)cc1)CN1CCCCC1. The zero-order valence-corrected chi connectivity index (χ0v) is 14.3. The van der Waals surface area contributed by atoms with Crippen LogP contribution in [-0.4, -0.2) is 42.4 Å². The summed E-state index contributed by atoms with van der Waals surface area (Å²) in [5.41, 5.74) is 3.65. The second-order valence-corrected chi connectivity index (χ2v) is 7.02. The lowest BCUT2D eigenvalue weighted by Gasteiger charge is -2.28. The van der Waals surface area contributed by atoms with Crippen LogP contribution < -0.4 is 0 Å². The molecule has 1 aromatic heterocycles. The van der Waals surface area contributed by atoms with Gasteiger partial charge in [-0.25, -0.2) is 0 Å². The van der Waals surface area contributed by atoms with Crippen molar-refractivity contribution in [2.24, 2.45) is 0 Å². The Hall–Kier alpha value is -1.20. The van der Waals surface area contributed by atoms with Crippen molar-refractivity contribution in [3.05, 3.63) is 46.7 Å². The van der Waals surface area contributed by atoms with E-state index in [-0.39, 0.29) is 0 Å². The van der Waals surface area contributed by atoms with Crippen LogP contribution in [0.2, 0.25) is 0 Å². The molecule has 1 unspecified atom stereocenters. The zero-order chi connectivity index (χ0) is 15.9. The first-order valence-electron chi connectivity index (χ1n) is 8.41. The van der Waals surface area contributed by atoms with Gasteiger partial charge in [-0.1, -0.05) is 30.7 Å². The van der Waals surface area contributed by atoms with E-state index in [1.807, 2.05) is 0 Å². The van der Waals surface area contributed by atoms with E-state index in [0.29, 0.717) is 13.2 Å². The summed E-state index contributed by atoms with van der Waals surface area (Å²) >= 11 is 1.71. The van der Waals surface area contributed by atoms with Gasteiger partial charge in [-0.2, -0.15) is 11.3 Å². The quantitative estimate of drug-likeness (QED) is 0.838. The van der Waals surface area contributed by atoms with E-state index < -0.39 is 6.10 Å². The van der Waals surface area contributed by atoms with E-state index >= 15 is 0 Å². The summed E-state index contributed by atoms with van der Waals surface area (Å²) in [6.07, 6.45) is 3.44. The van der Waals surface area contributed by atoms with Crippen molar-refractivity contribution in [2.45, 2.75) is 32.0 Å². The Kier molecular flexibility index (Phi) is 6.22. The van der Waals surface area contributed by atoms with E-state index in [4.69, 9.17) is 4.74 Å². The summed E-state index contributed by atoms with van der Waals surface area (Å²) in [7, 11) is 0. The van der Waals surface area contributed by atoms with Crippen LogP contribution in [0.15, 0.2) is 41.1 Å². The monoisotopic (exact) mass is 331 g/mol. The molecule has 1 N–H and O–H groups in total. The summed E-state index contributed by atoms with van der Waals surface area (Å²) in [6, 6.07) is 10.6. The van der Waals surface area contributed by atoms with E-state index in [1.54, 1.807) is 11.3 Å². The van der Waals surface area contributed by atoms with Gasteiger partial charge in [-0.05, 0) is 59.4 Å². The Bertz CT molecular complexity index is 562. The van der Waals surface area contributed by atoms with Gasteiger partial charge in [0, 0.05) is 6.54 Å². The number of nitrogens with zero attached hydrogens (tertiary/aromatic N) is 1. The highest BCUT2D eigenvalue weighted by atomic mass is 32.1. The summed E-state index contributed by atoms with van der Waals surface area (Å²) in [5.74, 6) is 0. The number of rotatable bonds is 7. The summed E-state index contributed by atoms with van der Waals surface area (Å²) < 4.78 is 5.68. The van der Waals surface area contributed by atoms with E-state index in [9.17, 15) is 5.11 Å². The highest BCUT2D eigenvalue weighted by Crippen LogP contribution is 2.22. The molecule has 0 spiro atoms. The third-order valence-corrected chi connectivity index (χ3v) is 4.99. The minimum Gasteiger partial charge on any atom is -0.389 e. The van der Waals surface area contributed by atoms with Crippen LogP contribution >= 0.6 is 11.3 Å². The van der Waals surface area contributed by atoms with E-state index in [1.165, 1.54) is 30.4 Å². The maximum atomic E-state index is 10.1. The van der Waals surface area contributed by atoms with Crippen LogP contribution in [-0.2, 0) is 11.3 Å². The first-order chi connectivity index (χ1) is 11.3. The number of aliphatic hydroxyl groups is 1. The molecule has 1 fully saturated rings. The molecule has 3 nitrogen and oxygen atoms in total. The second kappa shape index (κ2) is 8.60. The van der Waals surface area contributed by atoms with Gasteiger partial charge in [-0.3, -0.25) is 0 Å². The van der Waals surface area contributed by atoms with Crippen LogP contribution in [0.25, 0.3) is 11.1 Å². The van der Waals surface area contributed by atoms with Crippen molar-refractivity contribution in [1.82, 2.24) is 4.90 Å². The number of piperidine rings is 1. The first-order valence-corrected chi connectivity index (χ1v) is 9.35. The van der Waals surface area contributed by atoms with Crippen LogP contribution in [0.5, 0.6) is 0 Å². The molecule has 124 valence electrons. The van der Waals surface area contributed by atoms with Gasteiger partial charge in [0.2, 0.25) is 0 Å². The maximum Gasteiger partial charge on any atom is 0.0900 e. The van der Waals surface area contributed by atoms with Crippen molar-refractivity contribution in [2.75, 3.05) is 26.2 Å². The number of aliphatic hydroxyl groups excluding tert-OH is 1. The highest BCUT2D eigenvalue weighted by Gasteiger charge is 2.14. The van der Waals surface area contributed by atoms with Gasteiger partial charge >= 0.3 is 0 Å². The van der Waals surface area contributed by atoms with Crippen molar-refractivity contribution in [3.8, 4) is 11.1 Å². The number of thiophene rings is 1. The maximum absolute atomic E-state index is 10.1. The molecule has 1 aliphatic rings. The predicted octanol–water partition coefficient (Wildman–Crippen LogP) is 3.78. The Labute approximate surface area is 142 Å². The molecule has 3 rings (SSSR count). The van der Waals surface area contributed by atoms with Crippen molar-refractivity contribution in [1.29, 1.82) is 0 Å². The Morgan fingerprint density at radius 2 is 1.83 bits per heavy atom. The molecular weight excluding hydrogens is 306 g/mol. The fourth-order valence-electron chi connectivity index (χ4n) is 3.03. The fourth-order valence-corrected chi connectivity index (χ4v) is 3.69. The molecule has 1 saturated heterocycles. The lowest BCUT2D eigenvalue weighted by atomic mass is 10.1. The molecule has 0 bridgehead atoms. The average molecular weight is 331 g/mol. The summed E-state index contributed by atoms with van der Waals surface area (Å²) in [5, 5.41) is 14.3. The molecule has 0 saturated carbocycles. The first kappa shape index (κ1) is 16.7. The number of ether oxygens (including phenoxy) is 1. The lowest BCUT2D eigenvalue weighted by molar-refractivity contribution is 0.00713. The Morgan fingerprint density at radius 3 is 2.52 bits per heavy atom. The normalized spacial score (nSPS) is 17.3. The zero-order valence-electron chi connectivity index (χ0n) is 13.5.